The van der Waals surface area contributed by atoms with Crippen LogP contribution in [-0.4, -0.2) is 41.6 Å². The second kappa shape index (κ2) is 6.14. The molecule has 0 amide bonds. The van der Waals surface area contributed by atoms with Crippen molar-refractivity contribution < 1.29 is 24.5 Å². The summed E-state index contributed by atoms with van der Waals surface area (Å²) in [6.45, 7) is 0. The van der Waals surface area contributed by atoms with Crippen molar-refractivity contribution in [3.05, 3.63) is 35.9 Å². The molecule has 0 bridgehead atoms. The van der Waals surface area contributed by atoms with E-state index in [2.05, 4.69) is 4.74 Å². The average molecular weight is 266 g/mol. The lowest BCUT2D eigenvalue weighted by molar-refractivity contribution is -0.141. The fourth-order valence-electron chi connectivity index (χ4n) is 2.27. The predicted octanol–water partition coefficient (Wildman–Crippen LogP) is 0.801. The van der Waals surface area contributed by atoms with Gasteiger partial charge in [0.2, 0.25) is 0 Å². The summed E-state index contributed by atoms with van der Waals surface area (Å²) >= 11 is 0. The maximum atomic E-state index is 11.1. The number of rotatable bonds is 4. The van der Waals surface area contributed by atoms with E-state index in [0.29, 0.717) is 6.42 Å². The average Bonchev–Trinajstić information content (AvgIpc) is 2.73. The molecule has 0 spiro atoms. The van der Waals surface area contributed by atoms with Gasteiger partial charge >= 0.3 is 5.97 Å². The van der Waals surface area contributed by atoms with Gasteiger partial charge in [-0.1, -0.05) is 30.3 Å². The summed E-state index contributed by atoms with van der Waals surface area (Å²) in [7, 11) is 1.32. The molecule has 5 nitrogen and oxygen atoms in total. The van der Waals surface area contributed by atoms with Crippen LogP contribution >= 0.6 is 0 Å². The van der Waals surface area contributed by atoms with Gasteiger partial charge in [0.1, 0.15) is 18.3 Å². The molecule has 0 aliphatic carbocycles. The molecular formula is C14H18O5. The number of hydrogen-bond donors (Lipinski definition) is 2. The highest BCUT2D eigenvalue weighted by Crippen LogP contribution is 2.35. The van der Waals surface area contributed by atoms with Crippen LogP contribution in [0.3, 0.4) is 0 Å². The van der Waals surface area contributed by atoms with E-state index in [4.69, 9.17) is 4.74 Å². The number of ether oxygens (including phenoxy) is 2. The van der Waals surface area contributed by atoms with Gasteiger partial charge in [0.15, 0.2) is 0 Å². The fourth-order valence-corrected chi connectivity index (χ4v) is 2.27. The van der Waals surface area contributed by atoms with Gasteiger partial charge in [-0.25, -0.2) is 0 Å². The van der Waals surface area contributed by atoms with Gasteiger partial charge in [0, 0.05) is 6.42 Å². The Labute approximate surface area is 111 Å². The highest BCUT2D eigenvalue weighted by molar-refractivity contribution is 5.69. The summed E-state index contributed by atoms with van der Waals surface area (Å²) in [5.74, 6) is -0.353. The Hall–Kier alpha value is -1.43. The van der Waals surface area contributed by atoms with E-state index >= 15 is 0 Å². The van der Waals surface area contributed by atoms with Crippen LogP contribution in [0.1, 0.15) is 24.5 Å². The van der Waals surface area contributed by atoms with Crippen molar-refractivity contribution in [2.24, 2.45) is 0 Å². The van der Waals surface area contributed by atoms with Gasteiger partial charge in [0.25, 0.3) is 0 Å². The number of carbonyl (C=O) groups is 1. The van der Waals surface area contributed by atoms with Crippen molar-refractivity contribution in [3.8, 4) is 0 Å². The molecule has 1 fully saturated rings. The minimum atomic E-state index is -0.991. The van der Waals surface area contributed by atoms with Crippen molar-refractivity contribution in [3.63, 3.8) is 0 Å². The molecule has 2 rings (SSSR count). The normalized spacial score (nSPS) is 30.3. The van der Waals surface area contributed by atoms with Crippen molar-refractivity contribution in [1.82, 2.24) is 0 Å². The molecule has 5 heteroatoms. The first-order valence-corrected chi connectivity index (χ1v) is 6.27. The number of esters is 1. The number of carbonyl (C=O) groups excluding carboxylic acids is 1. The smallest absolute Gasteiger partial charge is 0.305 e. The standard InChI is InChI=1S/C14H18O5/c1-18-11(15)8-7-10-12(16)13(17)14(19-10)9-5-3-2-4-6-9/h2-6,10,12-14,16-17H,7-8H2,1H3/t10-,12+,13+,14+/m1/s1. The van der Waals surface area contributed by atoms with Gasteiger partial charge in [0.05, 0.1) is 13.2 Å². The van der Waals surface area contributed by atoms with E-state index in [1.807, 2.05) is 30.3 Å². The first-order valence-electron chi connectivity index (χ1n) is 6.27. The second-order valence-electron chi connectivity index (χ2n) is 4.60. The quantitative estimate of drug-likeness (QED) is 0.788. The first kappa shape index (κ1) is 14.0. The van der Waals surface area contributed by atoms with Crippen molar-refractivity contribution in [1.29, 1.82) is 0 Å². The van der Waals surface area contributed by atoms with E-state index in [0.717, 1.165) is 5.56 Å². The molecule has 1 aromatic rings. The minimum absolute atomic E-state index is 0.159. The molecular weight excluding hydrogens is 248 g/mol. The Morgan fingerprint density at radius 2 is 1.95 bits per heavy atom. The topological polar surface area (TPSA) is 76.0 Å². The molecule has 0 saturated carbocycles. The van der Waals surface area contributed by atoms with Crippen LogP contribution in [-0.2, 0) is 14.3 Å². The maximum absolute atomic E-state index is 11.1. The molecule has 0 radical (unpaired) electrons. The second-order valence-corrected chi connectivity index (χ2v) is 4.60. The lowest BCUT2D eigenvalue weighted by Gasteiger charge is -2.14. The first-order chi connectivity index (χ1) is 9.13. The largest absolute Gasteiger partial charge is 0.469 e. The van der Waals surface area contributed by atoms with Gasteiger partial charge < -0.3 is 19.7 Å². The zero-order chi connectivity index (χ0) is 13.8. The summed E-state index contributed by atoms with van der Waals surface area (Å²) < 4.78 is 10.2. The van der Waals surface area contributed by atoms with Crippen LogP contribution < -0.4 is 0 Å². The molecule has 0 unspecified atom stereocenters. The summed E-state index contributed by atoms with van der Waals surface area (Å²) in [4.78, 5) is 11.1. The van der Waals surface area contributed by atoms with Gasteiger partial charge in [-0.3, -0.25) is 4.79 Å². The molecule has 0 aromatic heterocycles. The number of methoxy groups -OCH3 is 1. The van der Waals surface area contributed by atoms with E-state index < -0.39 is 24.4 Å². The molecule has 1 aliphatic heterocycles. The predicted molar refractivity (Wildman–Crippen MR) is 67.3 cm³/mol. The SMILES string of the molecule is COC(=O)CC[C@H]1O[C@@H](c2ccccc2)[C@@H](O)[C@H]1O. The molecule has 2 N–H and O–H groups in total. The van der Waals surface area contributed by atoms with Crippen LogP contribution in [0.5, 0.6) is 0 Å². The molecule has 19 heavy (non-hydrogen) atoms. The van der Waals surface area contributed by atoms with Crippen molar-refractivity contribution >= 4 is 5.97 Å². The third-order valence-corrected chi connectivity index (χ3v) is 3.35. The fraction of sp³-hybridized carbons (Fsp3) is 0.500. The number of aliphatic hydroxyl groups is 2. The molecule has 104 valence electrons. The van der Waals surface area contributed by atoms with Gasteiger partial charge in [-0.2, -0.15) is 0 Å². The number of benzene rings is 1. The van der Waals surface area contributed by atoms with Crippen LogP contribution in [0.4, 0.5) is 0 Å². The monoisotopic (exact) mass is 266 g/mol. The molecule has 1 saturated heterocycles. The Bertz CT molecular complexity index is 419. The molecule has 4 atom stereocenters. The van der Waals surface area contributed by atoms with Crippen LogP contribution in [0, 0.1) is 0 Å². The highest BCUT2D eigenvalue weighted by Gasteiger charge is 2.43. The molecule has 1 heterocycles. The third kappa shape index (κ3) is 3.12. The Kier molecular flexibility index (Phi) is 4.52. The van der Waals surface area contributed by atoms with Crippen LogP contribution in [0.2, 0.25) is 0 Å². The summed E-state index contributed by atoms with van der Waals surface area (Å²) in [6.07, 6.45) is -2.60. The Balaban J connectivity index is 2.00. The van der Waals surface area contributed by atoms with Gasteiger partial charge in [-0.05, 0) is 12.0 Å². The maximum Gasteiger partial charge on any atom is 0.305 e. The van der Waals surface area contributed by atoms with Gasteiger partial charge in [-0.15, -0.1) is 0 Å². The lowest BCUT2D eigenvalue weighted by Crippen LogP contribution is -2.30. The number of aliphatic hydroxyl groups excluding tert-OH is 2. The highest BCUT2D eigenvalue weighted by atomic mass is 16.5. The zero-order valence-electron chi connectivity index (χ0n) is 10.7. The number of hydrogen-bond acceptors (Lipinski definition) is 5. The molecule has 1 aromatic carbocycles. The summed E-state index contributed by atoms with van der Waals surface area (Å²) in [5.41, 5.74) is 0.814. The summed E-state index contributed by atoms with van der Waals surface area (Å²) in [5, 5.41) is 20.0. The third-order valence-electron chi connectivity index (χ3n) is 3.35. The molecule has 1 aliphatic rings. The minimum Gasteiger partial charge on any atom is -0.469 e. The van der Waals surface area contributed by atoms with E-state index in [1.54, 1.807) is 0 Å². The van der Waals surface area contributed by atoms with Crippen molar-refractivity contribution in [2.75, 3.05) is 7.11 Å². The Morgan fingerprint density at radius 3 is 2.58 bits per heavy atom. The van der Waals surface area contributed by atoms with E-state index in [-0.39, 0.29) is 12.4 Å². The summed E-state index contributed by atoms with van der Waals surface area (Å²) in [6, 6.07) is 9.24. The van der Waals surface area contributed by atoms with E-state index in [9.17, 15) is 15.0 Å². The lowest BCUT2D eigenvalue weighted by atomic mass is 10.0. The Morgan fingerprint density at radius 1 is 1.26 bits per heavy atom. The van der Waals surface area contributed by atoms with Crippen molar-refractivity contribution in [2.45, 2.75) is 37.3 Å². The van der Waals surface area contributed by atoms with Crippen LogP contribution in [0.15, 0.2) is 30.3 Å². The van der Waals surface area contributed by atoms with Crippen LogP contribution in [0.25, 0.3) is 0 Å². The van der Waals surface area contributed by atoms with E-state index in [1.165, 1.54) is 7.11 Å². The zero-order valence-corrected chi connectivity index (χ0v) is 10.7.